The van der Waals surface area contributed by atoms with Crippen molar-refractivity contribution in [2.24, 2.45) is 0 Å². The van der Waals surface area contributed by atoms with E-state index >= 15 is 0 Å². The number of hydrogen-bond acceptors (Lipinski definition) is 4. The van der Waals surface area contributed by atoms with Gasteiger partial charge in [-0.1, -0.05) is 12.1 Å². The molecule has 0 bridgehead atoms. The third-order valence-electron chi connectivity index (χ3n) is 3.87. The largest absolute Gasteiger partial charge is 0.465 e. The predicted molar refractivity (Wildman–Crippen MR) is 67.9 cm³/mol. The van der Waals surface area contributed by atoms with E-state index in [4.69, 9.17) is 19.8 Å². The Morgan fingerprint density at radius 3 is 2.35 bits per heavy atom. The van der Waals surface area contributed by atoms with Crippen LogP contribution in [-0.2, 0) is 15.0 Å². The van der Waals surface area contributed by atoms with Crippen molar-refractivity contribution in [1.82, 2.24) is 5.32 Å². The lowest BCUT2D eigenvalue weighted by Crippen LogP contribution is -2.63. The average Bonchev–Trinajstić information content (AvgIpc) is 2.86. The van der Waals surface area contributed by atoms with Crippen LogP contribution in [0.2, 0.25) is 0 Å². The first-order valence-electron chi connectivity index (χ1n) is 6.37. The van der Waals surface area contributed by atoms with E-state index in [-0.39, 0.29) is 0 Å². The van der Waals surface area contributed by atoms with Gasteiger partial charge in [0.2, 0.25) is 0 Å². The second-order valence-corrected chi connectivity index (χ2v) is 5.16. The molecule has 1 saturated carbocycles. The van der Waals surface area contributed by atoms with Gasteiger partial charge in [-0.05, 0) is 17.7 Å². The molecule has 0 aromatic heterocycles. The molecule has 0 radical (unpaired) electrons. The van der Waals surface area contributed by atoms with Crippen LogP contribution in [0.25, 0.3) is 0 Å². The zero-order chi connectivity index (χ0) is 14.2. The lowest BCUT2D eigenvalue weighted by molar-refractivity contribution is -0.244. The fraction of sp³-hybridized carbons (Fsp3) is 0.429. The minimum atomic E-state index is -1.08. The molecule has 0 atom stereocenters. The molecule has 6 heteroatoms. The summed E-state index contributed by atoms with van der Waals surface area (Å²) in [6, 6.07) is 8.96. The van der Waals surface area contributed by atoms with Crippen LogP contribution in [0.3, 0.4) is 0 Å². The van der Waals surface area contributed by atoms with Crippen LogP contribution in [-0.4, -0.2) is 30.2 Å². The number of hydrogen-bond donors (Lipinski definition) is 2. The summed E-state index contributed by atoms with van der Waals surface area (Å²) in [7, 11) is 0. The first-order chi connectivity index (χ1) is 9.57. The van der Waals surface area contributed by atoms with Gasteiger partial charge >= 0.3 is 6.09 Å². The Bertz CT molecular complexity index is 562. The number of carbonyl (C=O) groups is 1. The van der Waals surface area contributed by atoms with Crippen molar-refractivity contribution < 1.29 is 19.4 Å². The van der Waals surface area contributed by atoms with E-state index in [0.29, 0.717) is 31.6 Å². The molecule has 1 aromatic carbocycles. The molecule has 1 heterocycles. The Hall–Kier alpha value is -2.10. The molecule has 1 aromatic rings. The van der Waals surface area contributed by atoms with Crippen LogP contribution < -0.4 is 5.32 Å². The van der Waals surface area contributed by atoms with Gasteiger partial charge in [-0.3, -0.25) is 0 Å². The SMILES string of the molecule is N#Cc1ccc(C2(NC(=O)O)CC3(C2)OCCO3)cc1. The Kier molecular flexibility index (Phi) is 2.89. The maximum atomic E-state index is 11.1. The van der Waals surface area contributed by atoms with Gasteiger partial charge < -0.3 is 19.9 Å². The highest BCUT2D eigenvalue weighted by atomic mass is 16.7. The van der Waals surface area contributed by atoms with Crippen molar-refractivity contribution in [2.75, 3.05) is 13.2 Å². The molecular formula is C14H14N2O4. The number of nitrogens with one attached hydrogen (secondary N) is 1. The van der Waals surface area contributed by atoms with Crippen molar-refractivity contribution in [3.63, 3.8) is 0 Å². The summed E-state index contributed by atoms with van der Waals surface area (Å²) in [5.41, 5.74) is 0.662. The van der Waals surface area contributed by atoms with Crippen molar-refractivity contribution in [3.05, 3.63) is 35.4 Å². The van der Waals surface area contributed by atoms with Gasteiger partial charge in [-0.2, -0.15) is 5.26 Å². The number of amides is 1. The Morgan fingerprint density at radius 2 is 1.85 bits per heavy atom. The van der Waals surface area contributed by atoms with Gasteiger partial charge in [0.25, 0.3) is 0 Å². The fourth-order valence-corrected chi connectivity index (χ4v) is 3.00. The van der Waals surface area contributed by atoms with Crippen LogP contribution in [0.1, 0.15) is 24.0 Å². The van der Waals surface area contributed by atoms with Gasteiger partial charge in [-0.25, -0.2) is 4.79 Å². The van der Waals surface area contributed by atoms with Crippen LogP contribution in [0, 0.1) is 11.3 Å². The van der Waals surface area contributed by atoms with Crippen LogP contribution >= 0.6 is 0 Å². The van der Waals surface area contributed by atoms with E-state index in [0.717, 1.165) is 5.56 Å². The molecular weight excluding hydrogens is 260 g/mol. The Morgan fingerprint density at radius 1 is 1.25 bits per heavy atom. The highest BCUT2D eigenvalue weighted by Crippen LogP contribution is 2.52. The molecule has 20 heavy (non-hydrogen) atoms. The summed E-state index contributed by atoms with van der Waals surface area (Å²) in [6.07, 6.45) is -0.196. The topological polar surface area (TPSA) is 91.6 Å². The predicted octanol–water partition coefficient (Wildman–Crippen LogP) is 1.56. The minimum Gasteiger partial charge on any atom is -0.465 e. The van der Waals surface area contributed by atoms with E-state index in [9.17, 15) is 4.79 Å². The zero-order valence-electron chi connectivity index (χ0n) is 10.8. The fourth-order valence-electron chi connectivity index (χ4n) is 3.00. The normalized spacial score (nSPS) is 21.9. The van der Waals surface area contributed by atoms with Gasteiger partial charge in [-0.15, -0.1) is 0 Å². The third-order valence-corrected chi connectivity index (χ3v) is 3.87. The molecule has 3 rings (SSSR count). The number of ether oxygens (including phenoxy) is 2. The summed E-state index contributed by atoms with van der Waals surface area (Å²) in [5.74, 6) is -0.656. The van der Waals surface area contributed by atoms with Crippen molar-refractivity contribution >= 4 is 6.09 Å². The van der Waals surface area contributed by atoms with Crippen LogP contribution in [0.15, 0.2) is 24.3 Å². The lowest BCUT2D eigenvalue weighted by atomic mass is 9.67. The molecule has 1 saturated heterocycles. The quantitative estimate of drug-likeness (QED) is 0.853. The first-order valence-corrected chi connectivity index (χ1v) is 6.37. The summed E-state index contributed by atoms with van der Waals surface area (Å²) in [5, 5.41) is 20.4. The maximum absolute atomic E-state index is 11.1. The molecule has 104 valence electrons. The number of nitrogens with zero attached hydrogens (tertiary/aromatic N) is 1. The third kappa shape index (κ3) is 2.01. The lowest BCUT2D eigenvalue weighted by Gasteiger charge is -2.52. The highest BCUT2D eigenvalue weighted by molar-refractivity contribution is 5.66. The van der Waals surface area contributed by atoms with Crippen LogP contribution in [0.5, 0.6) is 0 Å². The summed E-state index contributed by atoms with van der Waals surface area (Å²) >= 11 is 0. The number of carboxylic acid groups (broad SMARTS) is 1. The molecule has 2 fully saturated rings. The second kappa shape index (κ2) is 4.47. The number of nitriles is 1. The first kappa shape index (κ1) is 12.9. The van der Waals surface area contributed by atoms with Crippen LogP contribution in [0.4, 0.5) is 4.79 Å². The van der Waals surface area contributed by atoms with Crippen molar-refractivity contribution in [1.29, 1.82) is 5.26 Å². The van der Waals surface area contributed by atoms with Gasteiger partial charge in [0, 0.05) is 12.8 Å². The minimum absolute atomic E-state index is 0.443. The molecule has 2 aliphatic rings. The summed E-state index contributed by atoms with van der Waals surface area (Å²) in [6.45, 7) is 1.08. The highest BCUT2D eigenvalue weighted by Gasteiger charge is 2.60. The van der Waals surface area contributed by atoms with Gasteiger partial charge in [0.05, 0.1) is 30.4 Å². The van der Waals surface area contributed by atoms with Gasteiger partial charge in [0.1, 0.15) is 0 Å². The average molecular weight is 274 g/mol. The Balaban J connectivity index is 1.87. The second-order valence-electron chi connectivity index (χ2n) is 5.16. The summed E-state index contributed by atoms with van der Waals surface area (Å²) in [4.78, 5) is 11.1. The maximum Gasteiger partial charge on any atom is 0.405 e. The molecule has 1 spiro atoms. The van der Waals surface area contributed by atoms with E-state index in [1.807, 2.05) is 6.07 Å². The number of rotatable bonds is 2. The molecule has 6 nitrogen and oxygen atoms in total. The molecule has 1 amide bonds. The molecule has 2 N–H and O–H groups in total. The standard InChI is InChI=1S/C14H14N2O4/c15-7-10-1-3-11(4-2-10)13(16-12(17)18)8-14(9-13)19-5-6-20-14/h1-4,16H,5-6,8-9H2,(H,17,18). The monoisotopic (exact) mass is 274 g/mol. The summed E-state index contributed by atoms with van der Waals surface area (Å²) < 4.78 is 11.1. The van der Waals surface area contributed by atoms with E-state index in [1.54, 1.807) is 24.3 Å². The number of benzene rings is 1. The van der Waals surface area contributed by atoms with Crippen molar-refractivity contribution in [2.45, 2.75) is 24.2 Å². The van der Waals surface area contributed by atoms with E-state index in [2.05, 4.69) is 5.32 Å². The van der Waals surface area contributed by atoms with E-state index in [1.165, 1.54) is 0 Å². The molecule has 0 unspecified atom stereocenters. The molecule has 1 aliphatic heterocycles. The zero-order valence-corrected chi connectivity index (χ0v) is 10.8. The smallest absolute Gasteiger partial charge is 0.405 e. The Labute approximate surface area is 115 Å². The molecule has 1 aliphatic carbocycles. The van der Waals surface area contributed by atoms with Crippen molar-refractivity contribution in [3.8, 4) is 6.07 Å². The van der Waals surface area contributed by atoms with E-state index < -0.39 is 17.4 Å². The van der Waals surface area contributed by atoms with Gasteiger partial charge in [0.15, 0.2) is 5.79 Å².